The molecule has 27 heavy (non-hydrogen) atoms. The molecule has 7 nitrogen and oxygen atoms in total. The lowest BCUT2D eigenvalue weighted by molar-refractivity contribution is -0.137. The maximum absolute atomic E-state index is 13.5. The Morgan fingerprint density at radius 1 is 1.48 bits per heavy atom. The van der Waals surface area contributed by atoms with E-state index in [-0.39, 0.29) is 30.7 Å². The van der Waals surface area contributed by atoms with Gasteiger partial charge in [-0.3, -0.25) is 0 Å². The number of alkyl halides is 3. The van der Waals surface area contributed by atoms with Crippen LogP contribution >= 0.6 is 0 Å². The van der Waals surface area contributed by atoms with E-state index >= 15 is 0 Å². The number of hydrogen-bond acceptors (Lipinski definition) is 4. The summed E-state index contributed by atoms with van der Waals surface area (Å²) in [6, 6.07) is 2.64. The van der Waals surface area contributed by atoms with Crippen molar-refractivity contribution in [3.05, 3.63) is 24.0 Å². The molecule has 3 N–H and O–H groups in total. The Morgan fingerprint density at radius 3 is 2.93 bits per heavy atom. The first-order valence-electron chi connectivity index (χ1n) is 8.54. The molecule has 0 aromatic carbocycles. The van der Waals surface area contributed by atoms with E-state index in [1.54, 1.807) is 6.07 Å². The molecular weight excluding hydrogens is 361 g/mol. The molecule has 2 aromatic rings. The zero-order valence-electron chi connectivity index (χ0n) is 14.6. The van der Waals surface area contributed by atoms with E-state index in [1.165, 1.54) is 11.1 Å². The Morgan fingerprint density at radius 2 is 2.26 bits per heavy atom. The maximum atomic E-state index is 13.5. The molecule has 2 aromatic heterocycles. The Hall–Kier alpha value is -2.96. The smallest absolute Gasteiger partial charge is 0.379 e. The number of carbonyl (C=O) groups excluding carboxylic acids is 1. The Balaban J connectivity index is 1.89. The number of aromatic amines is 1. The van der Waals surface area contributed by atoms with Crippen LogP contribution in [0, 0.1) is 17.2 Å². The van der Waals surface area contributed by atoms with Gasteiger partial charge in [0.15, 0.2) is 0 Å². The lowest BCUT2D eigenvalue weighted by Crippen LogP contribution is -2.39. The van der Waals surface area contributed by atoms with Crippen molar-refractivity contribution < 1.29 is 18.0 Å². The first kappa shape index (κ1) is 18.8. The number of aromatic nitrogens is 2. The van der Waals surface area contributed by atoms with E-state index in [2.05, 4.69) is 20.6 Å². The summed E-state index contributed by atoms with van der Waals surface area (Å²) in [5.41, 5.74) is -0.506. The molecule has 0 bridgehead atoms. The third kappa shape index (κ3) is 3.77. The molecule has 3 rings (SSSR count). The second-order valence-electron chi connectivity index (χ2n) is 6.43. The van der Waals surface area contributed by atoms with Crippen LogP contribution in [0.4, 0.5) is 23.7 Å². The fourth-order valence-electron chi connectivity index (χ4n) is 3.40. The molecule has 2 amide bonds. The SMILES string of the molecule is CCC1CN(C(=O)NCC#N)CC1Nc1c(C(F)(F)F)cnc2[nH]ccc12. The Kier molecular flexibility index (Phi) is 5.12. The third-order valence-corrected chi connectivity index (χ3v) is 4.79. The van der Waals surface area contributed by atoms with Crippen LogP contribution in [-0.4, -0.2) is 46.6 Å². The van der Waals surface area contributed by atoms with Gasteiger partial charge >= 0.3 is 12.2 Å². The van der Waals surface area contributed by atoms with Crippen molar-refractivity contribution in [1.29, 1.82) is 5.26 Å². The normalized spacial score (nSPS) is 19.9. The summed E-state index contributed by atoms with van der Waals surface area (Å²) < 4.78 is 40.5. The molecule has 3 heterocycles. The molecule has 1 fully saturated rings. The molecule has 144 valence electrons. The van der Waals surface area contributed by atoms with Crippen molar-refractivity contribution in [2.75, 3.05) is 25.0 Å². The van der Waals surface area contributed by atoms with Gasteiger partial charge < -0.3 is 20.5 Å². The van der Waals surface area contributed by atoms with E-state index < -0.39 is 17.8 Å². The summed E-state index contributed by atoms with van der Waals surface area (Å²) in [5.74, 6) is -0.0129. The van der Waals surface area contributed by atoms with Crippen molar-refractivity contribution in [2.45, 2.75) is 25.6 Å². The van der Waals surface area contributed by atoms with Gasteiger partial charge in [-0.25, -0.2) is 9.78 Å². The van der Waals surface area contributed by atoms with Gasteiger partial charge in [0.1, 0.15) is 12.2 Å². The number of hydrogen-bond donors (Lipinski definition) is 3. The number of amides is 2. The van der Waals surface area contributed by atoms with Crippen LogP contribution in [0.2, 0.25) is 0 Å². The van der Waals surface area contributed by atoms with E-state index in [1.807, 2.05) is 13.0 Å². The molecule has 0 saturated carbocycles. The molecule has 1 aliphatic heterocycles. The highest BCUT2D eigenvalue weighted by Gasteiger charge is 2.39. The second kappa shape index (κ2) is 7.34. The quantitative estimate of drug-likeness (QED) is 0.711. The van der Waals surface area contributed by atoms with Crippen LogP contribution in [0.3, 0.4) is 0 Å². The zero-order chi connectivity index (χ0) is 19.6. The number of halogens is 3. The maximum Gasteiger partial charge on any atom is 0.419 e. The van der Waals surface area contributed by atoms with E-state index in [0.717, 1.165) is 6.20 Å². The van der Waals surface area contributed by atoms with E-state index in [0.29, 0.717) is 24.0 Å². The molecule has 2 unspecified atom stereocenters. The van der Waals surface area contributed by atoms with Crippen LogP contribution in [0.5, 0.6) is 0 Å². The van der Waals surface area contributed by atoms with Crippen molar-refractivity contribution in [3.8, 4) is 6.07 Å². The molecule has 0 spiro atoms. The highest BCUT2D eigenvalue weighted by atomic mass is 19.4. The lowest BCUT2D eigenvalue weighted by Gasteiger charge is -2.23. The summed E-state index contributed by atoms with van der Waals surface area (Å²) >= 11 is 0. The lowest BCUT2D eigenvalue weighted by atomic mass is 10.00. The van der Waals surface area contributed by atoms with Crippen LogP contribution in [-0.2, 0) is 6.18 Å². The summed E-state index contributed by atoms with van der Waals surface area (Å²) in [7, 11) is 0. The second-order valence-corrected chi connectivity index (χ2v) is 6.43. The first-order valence-corrected chi connectivity index (χ1v) is 8.54. The van der Waals surface area contributed by atoms with E-state index in [9.17, 15) is 18.0 Å². The number of H-pyrrole nitrogens is 1. The largest absolute Gasteiger partial charge is 0.419 e. The van der Waals surface area contributed by atoms with Crippen LogP contribution in [0.1, 0.15) is 18.9 Å². The molecular formula is C17H19F3N6O. The van der Waals surface area contributed by atoms with E-state index in [4.69, 9.17) is 5.26 Å². The number of rotatable bonds is 4. The molecule has 10 heteroatoms. The molecule has 0 aliphatic carbocycles. The molecule has 2 atom stereocenters. The number of nitriles is 1. The fraction of sp³-hybridized carbons (Fsp3) is 0.471. The number of anilines is 1. The van der Waals surface area contributed by atoms with Crippen LogP contribution in [0.25, 0.3) is 11.0 Å². The topological polar surface area (TPSA) is 96.8 Å². The fourth-order valence-corrected chi connectivity index (χ4v) is 3.40. The molecule has 1 saturated heterocycles. The monoisotopic (exact) mass is 380 g/mol. The summed E-state index contributed by atoms with van der Waals surface area (Å²) in [6.45, 7) is 2.48. The van der Waals surface area contributed by atoms with Crippen molar-refractivity contribution >= 4 is 22.8 Å². The van der Waals surface area contributed by atoms with Gasteiger partial charge in [-0.15, -0.1) is 0 Å². The number of likely N-dealkylation sites (tertiary alicyclic amines) is 1. The van der Waals surface area contributed by atoms with Gasteiger partial charge in [-0.2, -0.15) is 18.4 Å². The van der Waals surface area contributed by atoms with Crippen molar-refractivity contribution in [1.82, 2.24) is 20.2 Å². The average molecular weight is 380 g/mol. The van der Waals surface area contributed by atoms with Gasteiger partial charge in [0, 0.05) is 36.9 Å². The van der Waals surface area contributed by atoms with Gasteiger partial charge in [0.2, 0.25) is 0 Å². The number of carbonyl (C=O) groups is 1. The summed E-state index contributed by atoms with van der Waals surface area (Å²) in [4.78, 5) is 20.3. The standard InChI is InChI=1S/C17H19F3N6O/c1-2-10-8-26(16(27)23-6-4-21)9-13(10)25-14-11-3-5-22-15(11)24-7-12(14)17(18,19)20/h3,5,7,10,13H,2,6,8-9H2,1H3,(H,23,27)(H2,22,24,25). The van der Waals surface area contributed by atoms with Crippen molar-refractivity contribution in [3.63, 3.8) is 0 Å². The average Bonchev–Trinajstić information content (AvgIpc) is 3.25. The zero-order valence-corrected chi connectivity index (χ0v) is 14.6. The van der Waals surface area contributed by atoms with Gasteiger partial charge in [0.05, 0.1) is 17.3 Å². The minimum atomic E-state index is -4.55. The highest BCUT2D eigenvalue weighted by molar-refractivity contribution is 5.91. The van der Waals surface area contributed by atoms with Crippen molar-refractivity contribution in [2.24, 2.45) is 5.92 Å². The van der Waals surface area contributed by atoms with Gasteiger partial charge in [0.25, 0.3) is 0 Å². The minimum absolute atomic E-state index is 0.0129. The number of pyridine rings is 1. The Bertz CT molecular complexity index is 872. The third-order valence-electron chi connectivity index (χ3n) is 4.79. The number of nitrogens with one attached hydrogen (secondary N) is 3. The Labute approximate surface area is 153 Å². The first-order chi connectivity index (χ1) is 12.8. The number of nitrogens with zero attached hydrogens (tertiary/aromatic N) is 3. The van der Waals surface area contributed by atoms with Gasteiger partial charge in [-0.05, 0) is 18.4 Å². The predicted molar refractivity (Wildman–Crippen MR) is 92.9 cm³/mol. The molecule has 1 aliphatic rings. The number of urea groups is 1. The van der Waals surface area contributed by atoms with Crippen LogP contribution in [0.15, 0.2) is 18.5 Å². The summed E-state index contributed by atoms with van der Waals surface area (Å²) in [6.07, 6.45) is -1.50. The number of fused-ring (bicyclic) bond motifs is 1. The molecule has 0 radical (unpaired) electrons. The summed E-state index contributed by atoms with van der Waals surface area (Å²) in [5, 5.41) is 14.4. The van der Waals surface area contributed by atoms with Gasteiger partial charge in [-0.1, -0.05) is 6.92 Å². The minimum Gasteiger partial charge on any atom is -0.379 e. The highest BCUT2D eigenvalue weighted by Crippen LogP contribution is 2.39. The van der Waals surface area contributed by atoms with Crippen LogP contribution < -0.4 is 10.6 Å². The predicted octanol–water partition coefficient (Wildman–Crippen LogP) is 2.94.